The number of carbonyl (C=O) groups is 1. The zero-order chi connectivity index (χ0) is 13.3. The minimum Gasteiger partial charge on any atom is -0.497 e. The zero-order valence-electron chi connectivity index (χ0n) is 9.35. The molecule has 0 atom stereocenters. The summed E-state index contributed by atoms with van der Waals surface area (Å²) >= 11 is 5.50. The molecule has 1 heterocycles. The molecule has 0 aliphatic rings. The van der Waals surface area contributed by atoms with E-state index in [-0.39, 0.29) is 5.69 Å². The molecule has 0 fully saturated rings. The first-order valence-electron chi connectivity index (χ1n) is 4.98. The maximum Gasteiger partial charge on any atom is 0.352 e. The lowest BCUT2D eigenvalue weighted by Crippen LogP contribution is -2.06. The number of benzene rings is 1. The Morgan fingerprint density at radius 3 is 2.78 bits per heavy atom. The van der Waals surface area contributed by atoms with Gasteiger partial charge in [-0.25, -0.2) is 4.79 Å². The van der Waals surface area contributed by atoms with Crippen LogP contribution in [0.1, 0.15) is 10.5 Å². The average molecular weight is 422 g/mol. The molecule has 0 bridgehead atoms. The van der Waals surface area contributed by atoms with Crippen molar-refractivity contribution in [2.75, 3.05) is 7.11 Å². The first-order chi connectivity index (χ1) is 8.52. The topological polar surface area (TPSA) is 51.5 Å². The van der Waals surface area contributed by atoms with Crippen molar-refractivity contribution in [3.05, 3.63) is 44.2 Å². The van der Waals surface area contributed by atoms with Crippen molar-refractivity contribution in [2.45, 2.75) is 0 Å². The van der Waals surface area contributed by atoms with Gasteiger partial charge in [0.25, 0.3) is 0 Å². The molecule has 18 heavy (non-hydrogen) atoms. The summed E-state index contributed by atoms with van der Waals surface area (Å²) in [6.45, 7) is 0. The fourth-order valence-electron chi connectivity index (χ4n) is 1.60. The molecule has 6 heteroatoms. The van der Waals surface area contributed by atoms with Crippen LogP contribution in [0, 0.1) is 3.57 Å². The summed E-state index contributed by atoms with van der Waals surface area (Å²) in [5, 5.41) is 9.19. The van der Waals surface area contributed by atoms with Gasteiger partial charge in [-0.15, -0.1) is 0 Å². The molecular formula is C12H9BrINO3. The number of methoxy groups -OCH3 is 1. The number of nitrogens with zero attached hydrogens (tertiary/aromatic N) is 1. The molecule has 0 radical (unpaired) electrons. The normalized spacial score (nSPS) is 10.4. The van der Waals surface area contributed by atoms with Crippen LogP contribution in [0.5, 0.6) is 5.75 Å². The summed E-state index contributed by atoms with van der Waals surface area (Å²) in [5.74, 6) is -0.291. The van der Waals surface area contributed by atoms with Gasteiger partial charge in [0.1, 0.15) is 11.4 Å². The molecular weight excluding hydrogens is 413 g/mol. The van der Waals surface area contributed by atoms with Gasteiger partial charge in [0.05, 0.1) is 12.8 Å². The number of halogens is 2. The maximum atomic E-state index is 11.2. The van der Waals surface area contributed by atoms with E-state index in [0.29, 0.717) is 5.75 Å². The van der Waals surface area contributed by atoms with E-state index in [4.69, 9.17) is 4.74 Å². The molecule has 0 saturated carbocycles. The molecule has 1 aromatic heterocycles. The van der Waals surface area contributed by atoms with E-state index in [2.05, 4.69) is 38.5 Å². The van der Waals surface area contributed by atoms with Crippen LogP contribution in [0.15, 0.2) is 34.9 Å². The lowest BCUT2D eigenvalue weighted by Gasteiger charge is -2.10. The molecule has 1 N–H and O–H groups in total. The second-order valence-corrected chi connectivity index (χ2v) is 5.64. The van der Waals surface area contributed by atoms with Crippen molar-refractivity contribution in [1.29, 1.82) is 0 Å². The van der Waals surface area contributed by atoms with Crippen molar-refractivity contribution in [3.8, 4) is 11.4 Å². The summed E-state index contributed by atoms with van der Waals surface area (Å²) < 4.78 is 8.44. The van der Waals surface area contributed by atoms with Gasteiger partial charge in [-0.1, -0.05) is 0 Å². The number of ether oxygens (including phenoxy) is 1. The van der Waals surface area contributed by atoms with E-state index in [1.165, 1.54) is 0 Å². The highest BCUT2D eigenvalue weighted by atomic mass is 127. The predicted molar refractivity (Wildman–Crippen MR) is 79.7 cm³/mol. The van der Waals surface area contributed by atoms with Crippen molar-refractivity contribution in [1.82, 2.24) is 4.57 Å². The van der Waals surface area contributed by atoms with E-state index in [0.717, 1.165) is 13.7 Å². The molecule has 0 spiro atoms. The van der Waals surface area contributed by atoms with Crippen LogP contribution in [0.4, 0.5) is 0 Å². The summed E-state index contributed by atoms with van der Waals surface area (Å²) in [6, 6.07) is 7.04. The fourth-order valence-corrected chi connectivity index (χ4v) is 2.61. The summed E-state index contributed by atoms with van der Waals surface area (Å²) in [4.78, 5) is 11.2. The van der Waals surface area contributed by atoms with Gasteiger partial charge in [0, 0.05) is 20.3 Å². The fraction of sp³-hybridized carbons (Fsp3) is 0.0833. The van der Waals surface area contributed by atoms with Crippen molar-refractivity contribution in [3.63, 3.8) is 0 Å². The Morgan fingerprint density at radius 1 is 1.44 bits per heavy atom. The van der Waals surface area contributed by atoms with E-state index < -0.39 is 5.97 Å². The third-order valence-electron chi connectivity index (χ3n) is 2.42. The van der Waals surface area contributed by atoms with Crippen LogP contribution in [-0.2, 0) is 0 Å². The third kappa shape index (κ3) is 2.54. The van der Waals surface area contributed by atoms with E-state index in [1.807, 2.05) is 12.1 Å². The molecule has 0 unspecified atom stereocenters. The Balaban J connectivity index is 2.64. The van der Waals surface area contributed by atoms with Crippen molar-refractivity contribution >= 4 is 44.5 Å². The van der Waals surface area contributed by atoms with Gasteiger partial charge >= 0.3 is 5.97 Å². The SMILES string of the molecule is COc1ccc(Br)c(-n2cc(I)cc2C(=O)O)c1. The van der Waals surface area contributed by atoms with Crippen LogP contribution in [-0.4, -0.2) is 22.8 Å². The Kier molecular flexibility index (Phi) is 3.96. The van der Waals surface area contributed by atoms with Crippen molar-refractivity contribution < 1.29 is 14.6 Å². The highest BCUT2D eigenvalue weighted by Crippen LogP contribution is 2.28. The Hall–Kier alpha value is -1.02. The molecule has 0 saturated heterocycles. The number of aromatic carboxylic acids is 1. The first-order valence-corrected chi connectivity index (χ1v) is 6.85. The maximum absolute atomic E-state index is 11.2. The Labute approximate surface area is 126 Å². The Morgan fingerprint density at radius 2 is 2.17 bits per heavy atom. The average Bonchev–Trinajstić information content (AvgIpc) is 2.72. The first kappa shape index (κ1) is 13.4. The number of rotatable bonds is 3. The minimum atomic E-state index is -0.965. The summed E-state index contributed by atoms with van der Waals surface area (Å²) in [6.07, 6.45) is 1.77. The van der Waals surface area contributed by atoms with Crippen LogP contribution in [0.3, 0.4) is 0 Å². The van der Waals surface area contributed by atoms with Crippen molar-refractivity contribution in [2.24, 2.45) is 0 Å². The summed E-state index contributed by atoms with van der Waals surface area (Å²) in [7, 11) is 1.57. The van der Waals surface area contributed by atoms with Crippen LogP contribution < -0.4 is 4.74 Å². The number of hydrogen-bond donors (Lipinski definition) is 1. The van der Waals surface area contributed by atoms with Crippen LogP contribution in [0.25, 0.3) is 5.69 Å². The number of carboxylic acids is 1. The van der Waals surface area contributed by atoms with Gasteiger partial charge in [-0.3, -0.25) is 0 Å². The van der Waals surface area contributed by atoms with Gasteiger partial charge < -0.3 is 14.4 Å². The second-order valence-electron chi connectivity index (χ2n) is 3.54. The number of aromatic nitrogens is 1. The van der Waals surface area contributed by atoms with E-state index in [9.17, 15) is 9.90 Å². The van der Waals surface area contributed by atoms with Gasteiger partial charge in [0.15, 0.2) is 0 Å². The molecule has 2 aromatic rings. The number of carboxylic acid groups (broad SMARTS) is 1. The molecule has 94 valence electrons. The minimum absolute atomic E-state index is 0.216. The van der Waals surface area contributed by atoms with E-state index >= 15 is 0 Å². The molecule has 0 aliphatic carbocycles. The highest BCUT2D eigenvalue weighted by molar-refractivity contribution is 14.1. The number of hydrogen-bond acceptors (Lipinski definition) is 2. The second kappa shape index (κ2) is 5.31. The van der Waals surface area contributed by atoms with Gasteiger partial charge in [0.2, 0.25) is 0 Å². The predicted octanol–water partition coefficient (Wildman–Crippen LogP) is 3.55. The Bertz CT molecular complexity index is 609. The quantitative estimate of drug-likeness (QED) is 0.771. The molecule has 1 aromatic carbocycles. The summed E-state index contributed by atoms with van der Waals surface area (Å²) in [5.41, 5.74) is 0.947. The molecule has 2 rings (SSSR count). The molecule has 0 aliphatic heterocycles. The van der Waals surface area contributed by atoms with Gasteiger partial charge in [-0.2, -0.15) is 0 Å². The standard InChI is InChI=1S/C12H9BrINO3/c1-18-8-2-3-9(13)10(5-8)15-6-7(14)4-11(15)12(16)17/h2-6H,1H3,(H,16,17). The molecule has 0 amide bonds. The van der Waals surface area contributed by atoms with Gasteiger partial charge in [-0.05, 0) is 56.7 Å². The van der Waals surface area contributed by atoms with E-state index in [1.54, 1.807) is 30.0 Å². The monoisotopic (exact) mass is 421 g/mol. The highest BCUT2D eigenvalue weighted by Gasteiger charge is 2.15. The van der Waals surface area contributed by atoms with Crippen LogP contribution in [0.2, 0.25) is 0 Å². The zero-order valence-corrected chi connectivity index (χ0v) is 13.1. The third-order valence-corrected chi connectivity index (χ3v) is 3.68. The molecule has 4 nitrogen and oxygen atoms in total. The smallest absolute Gasteiger partial charge is 0.352 e. The largest absolute Gasteiger partial charge is 0.497 e. The van der Waals surface area contributed by atoms with Crippen LogP contribution >= 0.6 is 38.5 Å². The lowest BCUT2D eigenvalue weighted by atomic mass is 10.3. The lowest BCUT2D eigenvalue weighted by molar-refractivity contribution is 0.0688.